The Morgan fingerprint density at radius 2 is 0.566 bits per heavy atom. The summed E-state index contributed by atoms with van der Waals surface area (Å²) in [5.41, 5.74) is 12.8. The zero-order chi connectivity index (χ0) is 35.1. The van der Waals surface area contributed by atoms with Crippen LogP contribution in [0.2, 0.25) is 0 Å². The quantitative estimate of drug-likeness (QED) is 0.168. The molecule has 8 aromatic carbocycles. The van der Waals surface area contributed by atoms with Gasteiger partial charge in [-0.25, -0.2) is 0 Å². The summed E-state index contributed by atoms with van der Waals surface area (Å²) < 4.78 is 31.8. The summed E-state index contributed by atoms with van der Waals surface area (Å²) in [5, 5.41) is 5.28. The maximum Gasteiger partial charge on any atom is 0.172 e. The van der Waals surface area contributed by atoms with Crippen LogP contribution in [-0.4, -0.2) is 0 Å². The highest BCUT2D eigenvalue weighted by Gasteiger charge is 2.53. The van der Waals surface area contributed by atoms with Crippen molar-refractivity contribution in [2.45, 2.75) is 5.41 Å². The lowest BCUT2D eigenvalue weighted by Crippen LogP contribution is -2.29. The van der Waals surface area contributed by atoms with Gasteiger partial charge >= 0.3 is 0 Å². The molecule has 0 atom stereocenters. The first-order chi connectivity index (χ1) is 26.1. The van der Waals surface area contributed by atoms with Gasteiger partial charge in [0.15, 0.2) is 14.3 Å². The molecule has 248 valence electrons. The summed E-state index contributed by atoms with van der Waals surface area (Å²) in [6, 6.07) is 63.4. The second-order valence-corrected chi connectivity index (χ2v) is 20.0. The molecule has 2 aliphatic heterocycles. The van der Waals surface area contributed by atoms with Crippen molar-refractivity contribution in [2.75, 3.05) is 0 Å². The minimum absolute atomic E-state index is 0.695. The minimum atomic E-state index is -3.21. The van der Waals surface area contributed by atoms with Gasteiger partial charge in [0.2, 0.25) is 0 Å². The zero-order valence-electron chi connectivity index (χ0n) is 28.5. The molecular weight excluding hydrogens is 682 g/mol. The number of hydrogen-bond donors (Lipinski definition) is 0. The normalized spacial score (nSPS) is 16.2. The van der Waals surface area contributed by atoms with Gasteiger partial charge in [0, 0.05) is 31.8 Å². The molecule has 0 bridgehead atoms. The van der Waals surface area contributed by atoms with E-state index in [1.165, 1.54) is 22.3 Å². The molecule has 0 radical (unpaired) electrons. The molecule has 53 heavy (non-hydrogen) atoms. The fourth-order valence-corrected chi connectivity index (χ4v) is 16.4. The van der Waals surface area contributed by atoms with Gasteiger partial charge in [-0.3, -0.25) is 0 Å². The number of rotatable bonds is 2. The summed E-state index contributed by atoms with van der Waals surface area (Å²) in [6.07, 6.45) is 0. The third kappa shape index (κ3) is 3.43. The maximum absolute atomic E-state index is 15.9. The van der Waals surface area contributed by atoms with Crippen molar-refractivity contribution < 1.29 is 9.13 Å². The van der Waals surface area contributed by atoms with Gasteiger partial charge in [0.1, 0.15) is 0 Å². The summed E-state index contributed by atoms with van der Waals surface area (Å²) in [4.78, 5) is 0. The van der Waals surface area contributed by atoms with Gasteiger partial charge in [0.25, 0.3) is 0 Å². The van der Waals surface area contributed by atoms with Crippen LogP contribution in [0.3, 0.4) is 0 Å². The molecule has 8 aromatic rings. The van der Waals surface area contributed by atoms with Crippen molar-refractivity contribution in [1.29, 1.82) is 0 Å². The smallest absolute Gasteiger partial charge is 0.172 e. The topological polar surface area (TPSA) is 34.1 Å². The Morgan fingerprint density at radius 3 is 0.925 bits per heavy atom. The van der Waals surface area contributed by atoms with Crippen LogP contribution < -0.4 is 31.8 Å². The number of fused-ring (bicyclic) bond motifs is 16. The van der Waals surface area contributed by atoms with Gasteiger partial charge < -0.3 is 9.13 Å². The Hall–Kier alpha value is -5.78. The van der Waals surface area contributed by atoms with E-state index in [1.54, 1.807) is 0 Å². The van der Waals surface area contributed by atoms with E-state index in [0.29, 0.717) is 0 Å². The van der Waals surface area contributed by atoms with Crippen LogP contribution in [0.5, 0.6) is 0 Å². The highest BCUT2D eigenvalue weighted by molar-refractivity contribution is 7.87. The Labute approximate surface area is 308 Å². The Bertz CT molecular complexity index is 2740. The summed E-state index contributed by atoms with van der Waals surface area (Å²) in [6.45, 7) is 0. The van der Waals surface area contributed by atoms with Crippen molar-refractivity contribution in [2.24, 2.45) is 0 Å². The molecule has 0 N–H and O–H groups in total. The lowest BCUT2D eigenvalue weighted by molar-refractivity contribution is 0.592. The molecule has 2 heterocycles. The van der Waals surface area contributed by atoms with Crippen molar-refractivity contribution in [3.8, 4) is 44.5 Å². The van der Waals surface area contributed by atoms with Crippen LogP contribution in [0.1, 0.15) is 22.3 Å². The van der Waals surface area contributed by atoms with Crippen LogP contribution in [0.15, 0.2) is 182 Å². The molecule has 0 aromatic heterocycles. The van der Waals surface area contributed by atoms with Gasteiger partial charge in [-0.2, -0.15) is 0 Å². The molecule has 0 saturated carbocycles. The van der Waals surface area contributed by atoms with E-state index in [1.807, 2.05) is 48.5 Å². The van der Waals surface area contributed by atoms with Gasteiger partial charge in [-0.15, -0.1) is 0 Å². The number of hydrogen-bond acceptors (Lipinski definition) is 2. The largest absolute Gasteiger partial charge is 0.309 e. The van der Waals surface area contributed by atoms with Crippen molar-refractivity contribution >= 4 is 46.1 Å². The molecule has 0 amide bonds. The second-order valence-electron chi connectivity index (χ2n) is 14.6. The van der Waals surface area contributed by atoms with Gasteiger partial charge in [0.05, 0.1) is 5.41 Å². The highest BCUT2D eigenvalue weighted by atomic mass is 31.2. The molecule has 2 aliphatic carbocycles. The van der Waals surface area contributed by atoms with Crippen LogP contribution in [0.4, 0.5) is 0 Å². The van der Waals surface area contributed by atoms with Gasteiger partial charge in [-0.1, -0.05) is 170 Å². The molecule has 0 fully saturated rings. The first kappa shape index (κ1) is 29.8. The van der Waals surface area contributed by atoms with E-state index in [-0.39, 0.29) is 0 Å². The van der Waals surface area contributed by atoms with Crippen molar-refractivity contribution in [3.05, 3.63) is 204 Å². The first-order valence-corrected chi connectivity index (χ1v) is 21.6. The fourth-order valence-electron chi connectivity index (χ4n) is 10.2. The van der Waals surface area contributed by atoms with E-state index in [4.69, 9.17) is 0 Å². The Morgan fingerprint density at radius 1 is 0.283 bits per heavy atom. The van der Waals surface area contributed by atoms with E-state index >= 15 is 9.13 Å². The zero-order valence-corrected chi connectivity index (χ0v) is 30.3. The lowest BCUT2D eigenvalue weighted by Gasteiger charge is -2.31. The Kier molecular flexibility index (Phi) is 5.73. The highest BCUT2D eigenvalue weighted by Crippen LogP contribution is 2.64. The van der Waals surface area contributed by atoms with E-state index in [9.17, 15) is 0 Å². The van der Waals surface area contributed by atoms with Crippen molar-refractivity contribution in [3.63, 3.8) is 0 Å². The predicted octanol–water partition coefficient (Wildman–Crippen LogP) is 9.27. The standard InChI is InChI=1S/C49H30O2P2/c50-52(45-21-9-3-15-37(45)38-16-4-10-22-46(38)52)31-25-27-35-36-28-26-32(53(51)47-23-11-5-17-39(47)40-18-6-12-24-48(40)53)30-44(36)49(43(35)29-31)41-19-7-1-13-33(41)34-14-2-8-20-42(34)49/h1-30H. The summed E-state index contributed by atoms with van der Waals surface area (Å²) in [7, 11) is -6.42. The van der Waals surface area contributed by atoms with Crippen LogP contribution in [0.25, 0.3) is 44.5 Å². The fraction of sp³-hybridized carbons (Fsp3) is 0.0204. The third-order valence-electron chi connectivity index (χ3n) is 12.3. The van der Waals surface area contributed by atoms with Crippen LogP contribution >= 0.6 is 14.3 Å². The average molecular weight is 713 g/mol. The first-order valence-electron chi connectivity index (χ1n) is 18.1. The molecule has 0 unspecified atom stereocenters. The monoisotopic (exact) mass is 712 g/mol. The van der Waals surface area contributed by atoms with Crippen molar-refractivity contribution in [1.82, 2.24) is 0 Å². The second kappa shape index (κ2) is 10.2. The molecule has 4 heteroatoms. The molecule has 1 spiro atoms. The van der Waals surface area contributed by atoms with Crippen LogP contribution in [0, 0.1) is 0 Å². The maximum atomic E-state index is 15.9. The predicted molar refractivity (Wildman–Crippen MR) is 220 cm³/mol. The molecular formula is C49H30O2P2. The van der Waals surface area contributed by atoms with E-state index in [0.717, 1.165) is 76.3 Å². The lowest BCUT2D eigenvalue weighted by atomic mass is 9.70. The average Bonchev–Trinajstić information content (AvgIpc) is 3.88. The molecule has 2 nitrogen and oxygen atoms in total. The van der Waals surface area contributed by atoms with E-state index < -0.39 is 19.7 Å². The molecule has 12 rings (SSSR count). The number of benzene rings is 8. The minimum Gasteiger partial charge on any atom is -0.309 e. The third-order valence-corrected chi connectivity index (χ3v) is 18.6. The van der Waals surface area contributed by atoms with E-state index in [2.05, 4.69) is 133 Å². The van der Waals surface area contributed by atoms with Crippen LogP contribution in [-0.2, 0) is 14.5 Å². The summed E-state index contributed by atoms with van der Waals surface area (Å²) >= 11 is 0. The molecule has 4 aliphatic rings. The Balaban J connectivity index is 1.17. The molecule has 0 saturated heterocycles. The summed E-state index contributed by atoms with van der Waals surface area (Å²) in [5.74, 6) is 0. The SMILES string of the molecule is O=P1(c2ccc3c(c2)C2(c4ccccc4-c4ccccc42)c2cc(P4(=O)c5ccccc5-c5ccccc54)ccc2-3)c2ccccc2-c2ccccc21. The van der Waals surface area contributed by atoms with Gasteiger partial charge in [-0.05, 0) is 78.9 Å².